The Kier molecular flexibility index (Phi) is 3.47. The van der Waals surface area contributed by atoms with Gasteiger partial charge >= 0.3 is 0 Å². The third-order valence-electron chi connectivity index (χ3n) is 2.98. The normalized spacial score (nSPS) is 16.9. The average molecular weight is 237 g/mol. The molecule has 1 aromatic rings. The number of aliphatic hydroxyl groups is 1. The zero-order valence-corrected chi connectivity index (χ0v) is 10.3. The van der Waals surface area contributed by atoms with Crippen molar-refractivity contribution in [2.45, 2.75) is 38.2 Å². The van der Waals surface area contributed by atoms with E-state index in [-0.39, 0.29) is 11.7 Å². The van der Waals surface area contributed by atoms with Crippen molar-refractivity contribution in [3.8, 4) is 0 Å². The highest BCUT2D eigenvalue weighted by Crippen LogP contribution is 2.37. The Labute approximate surface area is 100 Å². The fourth-order valence-electron chi connectivity index (χ4n) is 1.70. The zero-order valence-electron chi connectivity index (χ0n) is 10.3. The second kappa shape index (κ2) is 4.87. The van der Waals surface area contributed by atoms with Gasteiger partial charge in [0.05, 0.1) is 6.10 Å². The van der Waals surface area contributed by atoms with E-state index in [1.807, 2.05) is 11.9 Å². The summed E-state index contributed by atoms with van der Waals surface area (Å²) in [5.41, 5.74) is -0.0965. The fraction of sp³-hybridized carbons (Fsp3) is 0.667. The summed E-state index contributed by atoms with van der Waals surface area (Å²) in [5.74, 6) is 1.93. The zero-order chi connectivity index (χ0) is 12.4. The van der Waals surface area contributed by atoms with E-state index in [4.69, 9.17) is 0 Å². The van der Waals surface area contributed by atoms with Crippen molar-refractivity contribution < 1.29 is 5.11 Å². The van der Waals surface area contributed by atoms with E-state index in [0.717, 1.165) is 18.7 Å². The first-order valence-corrected chi connectivity index (χ1v) is 6.06. The lowest BCUT2D eigenvalue weighted by Gasteiger charge is -2.19. The molecule has 0 amide bonds. The monoisotopic (exact) mass is 237 g/mol. The maximum atomic E-state index is 11.5. The highest BCUT2D eigenvalue weighted by molar-refractivity contribution is 5.36. The molecule has 17 heavy (non-hydrogen) atoms. The molecule has 0 bridgehead atoms. The molecule has 1 unspecified atom stereocenters. The summed E-state index contributed by atoms with van der Waals surface area (Å²) in [6.45, 7) is 2.45. The van der Waals surface area contributed by atoms with Crippen LogP contribution in [0, 0.1) is 0 Å². The van der Waals surface area contributed by atoms with Crippen LogP contribution < -0.4 is 10.5 Å². The molecule has 0 aromatic carbocycles. The number of aromatic amines is 1. The maximum Gasteiger partial charge on any atom is 0.252 e. The highest BCUT2D eigenvalue weighted by atomic mass is 16.3. The number of aliphatic hydroxyl groups excluding tert-OH is 1. The number of H-pyrrole nitrogens is 1. The minimum atomic E-state index is -0.331. The number of anilines is 1. The van der Waals surface area contributed by atoms with Gasteiger partial charge in [-0.25, -0.2) is 4.98 Å². The van der Waals surface area contributed by atoms with E-state index >= 15 is 0 Å². The summed E-state index contributed by atoms with van der Waals surface area (Å²) >= 11 is 0. The summed E-state index contributed by atoms with van der Waals surface area (Å²) in [4.78, 5) is 20.7. The second-order valence-corrected chi connectivity index (χ2v) is 4.82. The molecule has 5 heteroatoms. The van der Waals surface area contributed by atoms with E-state index < -0.39 is 0 Å². The highest BCUT2D eigenvalue weighted by Gasteiger charge is 2.26. The number of nitrogens with one attached hydrogen (secondary N) is 1. The van der Waals surface area contributed by atoms with E-state index in [1.54, 1.807) is 6.92 Å². The Morgan fingerprint density at radius 2 is 2.35 bits per heavy atom. The van der Waals surface area contributed by atoms with Crippen LogP contribution in [-0.4, -0.2) is 34.8 Å². The topological polar surface area (TPSA) is 69.2 Å². The van der Waals surface area contributed by atoms with Crippen LogP contribution in [0.15, 0.2) is 10.9 Å². The predicted octanol–water partition coefficient (Wildman–Crippen LogP) is 0.854. The third-order valence-corrected chi connectivity index (χ3v) is 2.98. The lowest BCUT2D eigenvalue weighted by atomic mass is 10.3. The minimum absolute atomic E-state index is 0.0965. The molecule has 0 saturated heterocycles. The molecular formula is C12H19N3O2. The van der Waals surface area contributed by atoms with E-state index in [0.29, 0.717) is 24.7 Å². The first-order chi connectivity index (χ1) is 8.06. The number of rotatable bonds is 5. The van der Waals surface area contributed by atoms with Gasteiger partial charge in [-0.05, 0) is 26.2 Å². The SMILES string of the molecule is CC(O)CCN(C)c1cc(=O)[nH]c(C2CC2)n1. The van der Waals surface area contributed by atoms with Gasteiger partial charge in [0, 0.05) is 25.6 Å². The summed E-state index contributed by atoms with van der Waals surface area (Å²) in [5, 5.41) is 9.24. The van der Waals surface area contributed by atoms with Crippen LogP contribution in [0.1, 0.15) is 37.9 Å². The molecule has 2 rings (SSSR count). The van der Waals surface area contributed by atoms with Gasteiger partial charge in [-0.2, -0.15) is 0 Å². The van der Waals surface area contributed by atoms with Gasteiger partial charge in [0.1, 0.15) is 11.6 Å². The number of aromatic nitrogens is 2. The van der Waals surface area contributed by atoms with Crippen LogP contribution in [0.4, 0.5) is 5.82 Å². The first kappa shape index (κ1) is 12.1. The number of nitrogens with zero attached hydrogens (tertiary/aromatic N) is 2. The molecule has 1 saturated carbocycles. The van der Waals surface area contributed by atoms with Crippen LogP contribution >= 0.6 is 0 Å². The third kappa shape index (κ3) is 3.30. The molecule has 94 valence electrons. The van der Waals surface area contributed by atoms with Crippen LogP contribution in [0.2, 0.25) is 0 Å². The second-order valence-electron chi connectivity index (χ2n) is 4.82. The van der Waals surface area contributed by atoms with Gasteiger partial charge in [0.25, 0.3) is 5.56 Å². The molecule has 1 aliphatic carbocycles. The van der Waals surface area contributed by atoms with Gasteiger partial charge in [0.15, 0.2) is 0 Å². The first-order valence-electron chi connectivity index (χ1n) is 6.06. The number of hydrogen-bond donors (Lipinski definition) is 2. The Hall–Kier alpha value is -1.36. The largest absolute Gasteiger partial charge is 0.393 e. The van der Waals surface area contributed by atoms with Crippen LogP contribution in [0.3, 0.4) is 0 Å². The van der Waals surface area contributed by atoms with E-state index in [1.165, 1.54) is 6.07 Å². The molecule has 0 spiro atoms. The maximum absolute atomic E-state index is 11.5. The molecular weight excluding hydrogens is 218 g/mol. The Balaban J connectivity index is 2.11. The van der Waals surface area contributed by atoms with Gasteiger partial charge in [-0.3, -0.25) is 4.79 Å². The van der Waals surface area contributed by atoms with Crippen molar-refractivity contribution in [3.05, 3.63) is 22.2 Å². The van der Waals surface area contributed by atoms with Crippen molar-refractivity contribution in [2.24, 2.45) is 0 Å². The fourth-order valence-corrected chi connectivity index (χ4v) is 1.70. The Morgan fingerprint density at radius 1 is 1.65 bits per heavy atom. The molecule has 0 radical (unpaired) electrons. The van der Waals surface area contributed by atoms with Crippen LogP contribution in [0.5, 0.6) is 0 Å². The van der Waals surface area contributed by atoms with Gasteiger partial charge in [-0.15, -0.1) is 0 Å². The predicted molar refractivity (Wildman–Crippen MR) is 66.4 cm³/mol. The van der Waals surface area contributed by atoms with Gasteiger partial charge < -0.3 is 15.0 Å². The summed E-state index contributed by atoms with van der Waals surface area (Å²) in [6.07, 6.45) is 2.57. The molecule has 2 N–H and O–H groups in total. The molecule has 5 nitrogen and oxygen atoms in total. The lowest BCUT2D eigenvalue weighted by Crippen LogP contribution is -2.25. The molecule has 1 atom stereocenters. The Bertz CT molecular complexity index is 438. The average Bonchev–Trinajstić information content (AvgIpc) is 3.08. The van der Waals surface area contributed by atoms with E-state index in [2.05, 4.69) is 9.97 Å². The molecule has 1 aliphatic rings. The van der Waals surface area contributed by atoms with Crippen molar-refractivity contribution in [3.63, 3.8) is 0 Å². The Morgan fingerprint density at radius 3 is 2.94 bits per heavy atom. The number of hydrogen-bond acceptors (Lipinski definition) is 4. The van der Waals surface area contributed by atoms with Gasteiger partial charge in [-0.1, -0.05) is 0 Å². The minimum Gasteiger partial charge on any atom is -0.393 e. The quantitative estimate of drug-likeness (QED) is 0.796. The lowest BCUT2D eigenvalue weighted by molar-refractivity contribution is 0.187. The van der Waals surface area contributed by atoms with Crippen LogP contribution in [-0.2, 0) is 0 Å². The van der Waals surface area contributed by atoms with Crippen molar-refractivity contribution in [1.82, 2.24) is 9.97 Å². The van der Waals surface area contributed by atoms with Crippen molar-refractivity contribution in [2.75, 3.05) is 18.5 Å². The van der Waals surface area contributed by atoms with Crippen LogP contribution in [0.25, 0.3) is 0 Å². The summed E-state index contributed by atoms with van der Waals surface area (Å²) in [7, 11) is 1.89. The molecule has 1 aromatic heterocycles. The smallest absolute Gasteiger partial charge is 0.252 e. The molecule has 1 fully saturated rings. The molecule has 1 heterocycles. The van der Waals surface area contributed by atoms with Crippen molar-refractivity contribution in [1.29, 1.82) is 0 Å². The molecule has 0 aliphatic heterocycles. The van der Waals surface area contributed by atoms with Gasteiger partial charge in [0.2, 0.25) is 0 Å². The van der Waals surface area contributed by atoms with Crippen molar-refractivity contribution >= 4 is 5.82 Å². The standard InChI is InChI=1S/C12H19N3O2/c1-8(16)5-6-15(2)10-7-11(17)14-12(13-10)9-3-4-9/h7-9,16H,3-6H2,1-2H3,(H,13,14,17). The summed E-state index contributed by atoms with van der Waals surface area (Å²) < 4.78 is 0. The summed E-state index contributed by atoms with van der Waals surface area (Å²) in [6, 6.07) is 1.51. The van der Waals surface area contributed by atoms with E-state index in [9.17, 15) is 9.90 Å².